The van der Waals surface area contributed by atoms with Gasteiger partial charge in [0.2, 0.25) is 5.91 Å². The van der Waals surface area contributed by atoms with Crippen LogP contribution in [-0.4, -0.2) is 35.5 Å². The van der Waals surface area contributed by atoms with Gasteiger partial charge in [-0.25, -0.2) is 0 Å². The third-order valence-corrected chi connectivity index (χ3v) is 4.53. The molecule has 2 aromatic rings. The van der Waals surface area contributed by atoms with Gasteiger partial charge in [0.25, 0.3) is 0 Å². The summed E-state index contributed by atoms with van der Waals surface area (Å²) in [5.41, 5.74) is 2.20. The highest BCUT2D eigenvalue weighted by Gasteiger charge is 2.28. The van der Waals surface area contributed by atoms with Crippen LogP contribution < -0.4 is 4.74 Å². The van der Waals surface area contributed by atoms with E-state index in [9.17, 15) is 4.79 Å². The topological polar surface area (TPSA) is 51.7 Å². The predicted molar refractivity (Wildman–Crippen MR) is 95.1 cm³/mol. The van der Waals surface area contributed by atoms with Crippen LogP contribution in [0.4, 0.5) is 0 Å². The predicted octanol–water partition coefficient (Wildman–Crippen LogP) is 3.19. The molecule has 1 unspecified atom stereocenters. The Balaban J connectivity index is 1.55. The van der Waals surface area contributed by atoms with E-state index in [2.05, 4.69) is 4.98 Å². The van der Waals surface area contributed by atoms with Gasteiger partial charge in [-0.1, -0.05) is 12.1 Å². The zero-order valence-corrected chi connectivity index (χ0v) is 14.6. The molecule has 0 bridgehead atoms. The molecule has 1 saturated heterocycles. The van der Waals surface area contributed by atoms with Crippen molar-refractivity contribution in [3.63, 3.8) is 0 Å². The van der Waals surface area contributed by atoms with Gasteiger partial charge in [-0.05, 0) is 48.2 Å². The monoisotopic (exact) mass is 340 g/mol. The summed E-state index contributed by atoms with van der Waals surface area (Å²) in [6.07, 6.45) is 6.07. The van der Waals surface area contributed by atoms with Gasteiger partial charge >= 0.3 is 0 Å². The maximum absolute atomic E-state index is 12.4. The summed E-state index contributed by atoms with van der Waals surface area (Å²) in [6.45, 7) is 1.72. The molecular weight excluding hydrogens is 316 g/mol. The number of pyridine rings is 1. The maximum Gasteiger partial charge on any atom is 0.223 e. The van der Waals surface area contributed by atoms with E-state index in [1.54, 1.807) is 19.5 Å². The molecule has 0 N–H and O–H groups in total. The lowest BCUT2D eigenvalue weighted by molar-refractivity contribution is -0.139. The Labute approximate surface area is 148 Å². The van der Waals surface area contributed by atoms with Gasteiger partial charge in [0.15, 0.2) is 0 Å². The lowest BCUT2D eigenvalue weighted by atomic mass is 10.0. The summed E-state index contributed by atoms with van der Waals surface area (Å²) in [6, 6.07) is 11.9. The van der Waals surface area contributed by atoms with Crippen molar-refractivity contribution in [3.8, 4) is 5.75 Å². The van der Waals surface area contributed by atoms with Crippen LogP contribution in [0, 0.1) is 0 Å². The van der Waals surface area contributed by atoms with Gasteiger partial charge in [-0.2, -0.15) is 0 Å². The molecule has 1 fully saturated rings. The van der Waals surface area contributed by atoms with Gasteiger partial charge in [0.1, 0.15) is 5.75 Å². The number of methoxy groups -OCH3 is 1. The van der Waals surface area contributed by atoms with Crippen molar-refractivity contribution < 1.29 is 14.3 Å². The van der Waals surface area contributed by atoms with Gasteiger partial charge in [0, 0.05) is 25.4 Å². The van der Waals surface area contributed by atoms with Gasteiger partial charge in [0.05, 0.1) is 26.4 Å². The Kier molecular flexibility index (Phi) is 6.01. The second kappa shape index (κ2) is 8.62. The van der Waals surface area contributed by atoms with Crippen LogP contribution in [-0.2, 0) is 22.7 Å². The fraction of sp³-hybridized carbons (Fsp3) is 0.400. The van der Waals surface area contributed by atoms with Crippen LogP contribution in [0.25, 0.3) is 0 Å². The normalized spacial score (nSPS) is 17.6. The summed E-state index contributed by atoms with van der Waals surface area (Å²) in [4.78, 5) is 18.3. The van der Waals surface area contributed by atoms with Crippen LogP contribution in [0.5, 0.6) is 5.75 Å². The minimum Gasteiger partial charge on any atom is -0.497 e. The molecule has 1 aliphatic rings. The van der Waals surface area contributed by atoms with Crippen molar-refractivity contribution in [2.45, 2.75) is 38.5 Å². The smallest absolute Gasteiger partial charge is 0.223 e. The highest BCUT2D eigenvalue weighted by Crippen LogP contribution is 2.21. The molecule has 2 heterocycles. The molecule has 0 aliphatic carbocycles. The molecule has 1 aliphatic heterocycles. The summed E-state index contributed by atoms with van der Waals surface area (Å²) in [5.74, 6) is 1.05. The van der Waals surface area contributed by atoms with Crippen molar-refractivity contribution in [2.75, 3.05) is 13.7 Å². The number of piperidine rings is 1. The third-order valence-electron chi connectivity index (χ3n) is 4.53. The molecular formula is C20H24N2O3. The van der Waals surface area contributed by atoms with E-state index in [-0.39, 0.29) is 11.9 Å². The van der Waals surface area contributed by atoms with Crippen LogP contribution in [0.3, 0.4) is 0 Å². The van der Waals surface area contributed by atoms with E-state index in [1.807, 2.05) is 41.3 Å². The third kappa shape index (κ3) is 4.79. The quantitative estimate of drug-likeness (QED) is 0.777. The first-order valence-corrected chi connectivity index (χ1v) is 8.65. The molecule has 25 heavy (non-hydrogen) atoms. The molecule has 5 nitrogen and oxygen atoms in total. The van der Waals surface area contributed by atoms with Crippen LogP contribution in [0.2, 0.25) is 0 Å². The zero-order valence-electron chi connectivity index (χ0n) is 14.6. The van der Waals surface area contributed by atoms with Gasteiger partial charge in [-0.3, -0.25) is 9.78 Å². The minimum atomic E-state index is 0.132. The van der Waals surface area contributed by atoms with Crippen molar-refractivity contribution in [1.29, 1.82) is 0 Å². The van der Waals surface area contributed by atoms with E-state index in [0.717, 1.165) is 29.7 Å². The number of aromatic nitrogens is 1. The second-order valence-corrected chi connectivity index (χ2v) is 6.29. The number of hydrogen-bond donors (Lipinski definition) is 0. The lowest BCUT2D eigenvalue weighted by Crippen LogP contribution is -2.45. The summed E-state index contributed by atoms with van der Waals surface area (Å²) in [5, 5.41) is 0. The number of carbonyl (C=O) groups excluding carboxylic acids is 1. The maximum atomic E-state index is 12.4. The number of ether oxygens (including phenoxy) is 2. The highest BCUT2D eigenvalue weighted by molar-refractivity contribution is 5.77. The number of amides is 1. The number of benzene rings is 1. The number of likely N-dealkylation sites (tertiary alicyclic amines) is 1. The van der Waals surface area contributed by atoms with Crippen LogP contribution >= 0.6 is 0 Å². The molecule has 5 heteroatoms. The fourth-order valence-corrected chi connectivity index (χ4v) is 3.10. The Hall–Kier alpha value is -2.40. The highest BCUT2D eigenvalue weighted by atomic mass is 16.5. The van der Waals surface area contributed by atoms with Crippen molar-refractivity contribution >= 4 is 5.91 Å². The van der Waals surface area contributed by atoms with Gasteiger partial charge in [-0.15, -0.1) is 0 Å². The SMILES string of the molecule is COc1ccc(COCC2CCCC(=O)N2Cc2ccncc2)cc1. The standard InChI is InChI=1S/C20H24N2O3/c1-24-19-7-5-17(6-8-19)14-25-15-18-3-2-4-20(23)22(18)13-16-9-11-21-12-10-16/h5-12,18H,2-4,13-15H2,1H3. The molecule has 1 aromatic carbocycles. The van der Waals surface area contributed by atoms with Crippen molar-refractivity contribution in [3.05, 3.63) is 59.9 Å². The lowest BCUT2D eigenvalue weighted by Gasteiger charge is -2.35. The van der Waals surface area contributed by atoms with Crippen LogP contribution in [0.1, 0.15) is 30.4 Å². The second-order valence-electron chi connectivity index (χ2n) is 6.29. The van der Waals surface area contributed by atoms with E-state index in [1.165, 1.54) is 0 Å². The molecule has 3 rings (SSSR count). The largest absolute Gasteiger partial charge is 0.497 e. The first-order chi connectivity index (χ1) is 12.3. The van der Waals surface area contributed by atoms with E-state index in [0.29, 0.717) is 26.2 Å². The summed E-state index contributed by atoms with van der Waals surface area (Å²) < 4.78 is 11.1. The average molecular weight is 340 g/mol. The first kappa shape index (κ1) is 17.4. The minimum absolute atomic E-state index is 0.132. The molecule has 1 atom stereocenters. The Morgan fingerprint density at radius 3 is 2.60 bits per heavy atom. The van der Waals surface area contributed by atoms with Crippen molar-refractivity contribution in [2.24, 2.45) is 0 Å². The Bertz CT molecular complexity index is 673. The number of nitrogens with zero attached hydrogens (tertiary/aromatic N) is 2. The van der Waals surface area contributed by atoms with E-state index in [4.69, 9.17) is 9.47 Å². The number of rotatable bonds is 7. The first-order valence-electron chi connectivity index (χ1n) is 8.65. The molecule has 1 amide bonds. The zero-order chi connectivity index (χ0) is 17.5. The molecule has 1 aromatic heterocycles. The fourth-order valence-electron chi connectivity index (χ4n) is 3.10. The van der Waals surface area contributed by atoms with Crippen LogP contribution in [0.15, 0.2) is 48.8 Å². The van der Waals surface area contributed by atoms with Crippen molar-refractivity contribution in [1.82, 2.24) is 9.88 Å². The summed E-state index contributed by atoms with van der Waals surface area (Å²) in [7, 11) is 1.66. The summed E-state index contributed by atoms with van der Waals surface area (Å²) >= 11 is 0. The molecule has 132 valence electrons. The molecule has 0 spiro atoms. The average Bonchev–Trinajstić information content (AvgIpc) is 2.66. The Morgan fingerprint density at radius 1 is 1.12 bits per heavy atom. The van der Waals surface area contributed by atoms with E-state index >= 15 is 0 Å². The van der Waals surface area contributed by atoms with Gasteiger partial charge < -0.3 is 14.4 Å². The Morgan fingerprint density at radius 2 is 1.88 bits per heavy atom. The molecule has 0 radical (unpaired) electrons. The van der Waals surface area contributed by atoms with E-state index < -0.39 is 0 Å². The molecule has 0 saturated carbocycles. The number of carbonyl (C=O) groups is 1. The number of hydrogen-bond acceptors (Lipinski definition) is 4.